The van der Waals surface area contributed by atoms with Crippen LogP contribution in [-0.2, 0) is 16.0 Å². The van der Waals surface area contributed by atoms with Crippen molar-refractivity contribution in [2.24, 2.45) is 5.92 Å². The molecule has 2 heterocycles. The lowest BCUT2D eigenvalue weighted by Crippen LogP contribution is -2.46. The summed E-state index contributed by atoms with van der Waals surface area (Å²) in [6.45, 7) is 1.49. The maximum Gasteiger partial charge on any atom is 0.240 e. The first kappa shape index (κ1) is 18.3. The van der Waals surface area contributed by atoms with E-state index in [2.05, 4.69) is 11.4 Å². The van der Waals surface area contributed by atoms with E-state index in [0.717, 1.165) is 37.0 Å². The van der Waals surface area contributed by atoms with Crippen LogP contribution in [0.25, 0.3) is 0 Å². The van der Waals surface area contributed by atoms with Gasteiger partial charge in [0, 0.05) is 19.4 Å². The molecule has 6 heteroatoms. The number of benzene rings is 1. The quantitative estimate of drug-likeness (QED) is 0.828. The summed E-state index contributed by atoms with van der Waals surface area (Å²) >= 11 is 0. The molecule has 146 valence electrons. The number of rotatable bonds is 5. The Bertz CT molecular complexity index is 714. The van der Waals surface area contributed by atoms with Crippen LogP contribution in [0, 0.1) is 5.92 Å². The molecule has 3 aliphatic rings. The summed E-state index contributed by atoms with van der Waals surface area (Å²) in [5.41, 5.74) is 2.24. The zero-order valence-electron chi connectivity index (χ0n) is 15.7. The largest absolute Gasteiger partial charge is 0.493 e. The van der Waals surface area contributed by atoms with Crippen LogP contribution in [0.15, 0.2) is 18.2 Å². The molecule has 2 fully saturated rings. The number of hydrogen-bond donors (Lipinski definition) is 2. The Morgan fingerprint density at radius 3 is 2.93 bits per heavy atom. The molecule has 1 saturated carbocycles. The minimum atomic E-state index is -0.278. The van der Waals surface area contributed by atoms with Crippen molar-refractivity contribution < 1.29 is 19.4 Å². The molecule has 27 heavy (non-hydrogen) atoms. The fourth-order valence-electron chi connectivity index (χ4n) is 4.37. The molecule has 2 N–H and O–H groups in total. The molecule has 1 aromatic rings. The van der Waals surface area contributed by atoms with Gasteiger partial charge in [-0.1, -0.05) is 12.5 Å². The van der Waals surface area contributed by atoms with Crippen LogP contribution in [0.1, 0.15) is 55.7 Å². The van der Waals surface area contributed by atoms with Gasteiger partial charge in [0.25, 0.3) is 0 Å². The normalized spacial score (nSPS) is 25.8. The van der Waals surface area contributed by atoms with E-state index in [-0.39, 0.29) is 36.4 Å². The molecular weight excluding hydrogens is 344 g/mol. The number of carbonyl (C=O) groups is 2. The van der Waals surface area contributed by atoms with Gasteiger partial charge >= 0.3 is 0 Å². The maximum atomic E-state index is 12.7. The number of carbonyl (C=O) groups excluding carboxylic acids is 2. The van der Waals surface area contributed by atoms with Crippen LogP contribution in [0.4, 0.5) is 0 Å². The van der Waals surface area contributed by atoms with Gasteiger partial charge in [0.05, 0.1) is 25.3 Å². The van der Waals surface area contributed by atoms with Gasteiger partial charge in [-0.05, 0) is 54.9 Å². The zero-order valence-corrected chi connectivity index (χ0v) is 15.7. The van der Waals surface area contributed by atoms with E-state index in [0.29, 0.717) is 32.4 Å². The highest BCUT2D eigenvalue weighted by Crippen LogP contribution is 2.39. The Kier molecular flexibility index (Phi) is 5.34. The molecule has 1 aliphatic carbocycles. The number of aliphatic hydroxyl groups excluding tert-OH is 1. The maximum absolute atomic E-state index is 12.7. The van der Waals surface area contributed by atoms with Crippen molar-refractivity contribution in [3.05, 3.63) is 29.3 Å². The molecule has 2 amide bonds. The van der Waals surface area contributed by atoms with Crippen LogP contribution in [0.3, 0.4) is 0 Å². The lowest BCUT2D eigenvalue weighted by molar-refractivity contribution is -0.136. The minimum absolute atomic E-state index is 0.0768. The lowest BCUT2D eigenvalue weighted by atomic mass is 9.75. The molecule has 0 aromatic heterocycles. The van der Waals surface area contributed by atoms with Crippen LogP contribution >= 0.6 is 0 Å². The summed E-state index contributed by atoms with van der Waals surface area (Å²) in [6, 6.07) is 5.98. The van der Waals surface area contributed by atoms with E-state index >= 15 is 0 Å². The van der Waals surface area contributed by atoms with Crippen molar-refractivity contribution in [3.8, 4) is 5.75 Å². The smallest absolute Gasteiger partial charge is 0.240 e. The van der Waals surface area contributed by atoms with E-state index in [1.165, 1.54) is 5.56 Å². The average molecular weight is 372 g/mol. The van der Waals surface area contributed by atoms with Gasteiger partial charge in [0.1, 0.15) is 5.75 Å². The molecule has 1 atom stereocenters. The van der Waals surface area contributed by atoms with E-state index in [1.54, 1.807) is 4.90 Å². The van der Waals surface area contributed by atoms with Gasteiger partial charge in [-0.15, -0.1) is 0 Å². The first-order valence-electron chi connectivity index (χ1n) is 10.1. The molecule has 2 aliphatic heterocycles. The molecule has 0 radical (unpaired) electrons. The number of nitrogens with one attached hydrogen (secondary N) is 1. The van der Waals surface area contributed by atoms with E-state index < -0.39 is 0 Å². The predicted molar refractivity (Wildman–Crippen MR) is 100 cm³/mol. The monoisotopic (exact) mass is 372 g/mol. The molecule has 1 aromatic carbocycles. The Morgan fingerprint density at radius 2 is 2.11 bits per heavy atom. The van der Waals surface area contributed by atoms with Gasteiger partial charge in [-0.25, -0.2) is 0 Å². The lowest BCUT2D eigenvalue weighted by Gasteiger charge is -2.38. The fraction of sp³-hybridized carbons (Fsp3) is 0.619. The number of fused-ring (bicyclic) bond motifs is 1. The van der Waals surface area contributed by atoms with Crippen LogP contribution < -0.4 is 10.1 Å². The molecule has 4 rings (SSSR count). The van der Waals surface area contributed by atoms with Gasteiger partial charge in [0.15, 0.2) is 0 Å². The van der Waals surface area contributed by atoms with Crippen molar-refractivity contribution >= 4 is 11.8 Å². The first-order valence-corrected chi connectivity index (χ1v) is 10.1. The summed E-state index contributed by atoms with van der Waals surface area (Å²) in [5, 5.41) is 12.9. The first-order chi connectivity index (χ1) is 13.1. The second-order valence-electron chi connectivity index (χ2n) is 8.02. The summed E-state index contributed by atoms with van der Waals surface area (Å²) < 4.78 is 5.58. The van der Waals surface area contributed by atoms with Gasteiger partial charge in [-0.2, -0.15) is 0 Å². The summed E-state index contributed by atoms with van der Waals surface area (Å²) in [6.07, 6.45) is 5.46. The Balaban J connectivity index is 1.46. The molecule has 0 spiro atoms. The van der Waals surface area contributed by atoms with Crippen molar-refractivity contribution in [1.82, 2.24) is 10.2 Å². The highest BCUT2D eigenvalue weighted by molar-refractivity contribution is 5.85. The van der Waals surface area contributed by atoms with Crippen molar-refractivity contribution in [2.45, 2.75) is 57.1 Å². The van der Waals surface area contributed by atoms with E-state index in [9.17, 15) is 14.7 Å². The molecule has 0 bridgehead atoms. The van der Waals surface area contributed by atoms with Gasteiger partial charge in [0.2, 0.25) is 11.8 Å². The number of nitrogens with zero attached hydrogens (tertiary/aromatic N) is 1. The summed E-state index contributed by atoms with van der Waals surface area (Å²) in [5.74, 6) is 1.11. The van der Waals surface area contributed by atoms with Crippen molar-refractivity contribution in [2.75, 3.05) is 19.7 Å². The fourth-order valence-corrected chi connectivity index (χ4v) is 4.37. The van der Waals surface area contributed by atoms with Crippen molar-refractivity contribution in [1.29, 1.82) is 0 Å². The topological polar surface area (TPSA) is 78.9 Å². The van der Waals surface area contributed by atoms with Crippen LogP contribution in [0.5, 0.6) is 5.75 Å². The predicted octanol–water partition coefficient (Wildman–Crippen LogP) is 1.95. The highest BCUT2D eigenvalue weighted by atomic mass is 16.5. The van der Waals surface area contributed by atoms with Gasteiger partial charge < -0.3 is 20.1 Å². The Hall–Kier alpha value is -2.08. The third-order valence-corrected chi connectivity index (χ3v) is 6.02. The number of amides is 2. The third kappa shape index (κ3) is 4.10. The SMILES string of the molecule is O=C(CN1CCCCCC1=O)N[C@@H](c1ccc2c(c1)CCO2)C1CC(O)C1. The van der Waals surface area contributed by atoms with E-state index in [4.69, 9.17) is 4.74 Å². The Labute approximate surface area is 159 Å². The van der Waals surface area contributed by atoms with Crippen molar-refractivity contribution in [3.63, 3.8) is 0 Å². The summed E-state index contributed by atoms with van der Waals surface area (Å²) in [4.78, 5) is 26.6. The zero-order chi connectivity index (χ0) is 18.8. The third-order valence-electron chi connectivity index (χ3n) is 6.02. The van der Waals surface area contributed by atoms with Crippen LogP contribution in [-0.4, -0.2) is 47.6 Å². The van der Waals surface area contributed by atoms with Gasteiger partial charge in [-0.3, -0.25) is 9.59 Å². The number of hydrogen-bond acceptors (Lipinski definition) is 4. The molecule has 0 unspecified atom stereocenters. The highest BCUT2D eigenvalue weighted by Gasteiger charge is 2.36. The Morgan fingerprint density at radius 1 is 1.26 bits per heavy atom. The summed E-state index contributed by atoms with van der Waals surface area (Å²) in [7, 11) is 0. The van der Waals surface area contributed by atoms with Crippen LogP contribution in [0.2, 0.25) is 0 Å². The molecule has 1 saturated heterocycles. The molecule has 6 nitrogen and oxygen atoms in total. The second-order valence-corrected chi connectivity index (χ2v) is 8.02. The second kappa shape index (κ2) is 7.89. The number of likely N-dealkylation sites (tertiary alicyclic amines) is 1. The minimum Gasteiger partial charge on any atom is -0.493 e. The molecular formula is C21H28N2O4. The standard InChI is InChI=1S/C21H28N2O4/c24-17-11-16(12-17)21(15-5-6-18-14(10-15)7-9-27-18)22-19(25)13-23-8-3-1-2-4-20(23)26/h5-6,10,16-17,21,24H,1-4,7-9,11-13H2,(H,22,25)/t16?,17?,21-/m0/s1. The number of ether oxygens (including phenoxy) is 1. The number of aliphatic hydroxyl groups is 1. The average Bonchev–Trinajstić information content (AvgIpc) is 3.01. The van der Waals surface area contributed by atoms with E-state index in [1.807, 2.05) is 12.1 Å².